The van der Waals surface area contributed by atoms with Crippen molar-refractivity contribution < 1.29 is 27.9 Å². The van der Waals surface area contributed by atoms with Crippen molar-refractivity contribution in [1.29, 1.82) is 0 Å². The number of carboxylic acids is 1. The van der Waals surface area contributed by atoms with E-state index >= 15 is 0 Å². The summed E-state index contributed by atoms with van der Waals surface area (Å²) >= 11 is 12.6. The van der Waals surface area contributed by atoms with Crippen LogP contribution in [0.2, 0.25) is 10.0 Å². The molecule has 228 valence electrons. The summed E-state index contributed by atoms with van der Waals surface area (Å²) in [6.07, 6.45) is -1.48. The lowest BCUT2D eigenvalue weighted by atomic mass is 9.88. The van der Waals surface area contributed by atoms with Crippen LogP contribution in [0.1, 0.15) is 56.4 Å². The number of aliphatic carboxylic acids is 1. The number of ether oxygens (including phenoxy) is 1. The van der Waals surface area contributed by atoms with Crippen molar-refractivity contribution in [3.63, 3.8) is 0 Å². The van der Waals surface area contributed by atoms with Crippen molar-refractivity contribution in [3.05, 3.63) is 100 Å². The van der Waals surface area contributed by atoms with E-state index in [1.165, 1.54) is 4.31 Å². The second-order valence-corrected chi connectivity index (χ2v) is 14.4. The first kappa shape index (κ1) is 31.3. The van der Waals surface area contributed by atoms with Gasteiger partial charge < -0.3 is 14.7 Å². The lowest BCUT2D eigenvalue weighted by Gasteiger charge is -2.50. The Bertz CT molecular complexity index is 1560. The fourth-order valence-electron chi connectivity index (χ4n) is 5.65. The highest BCUT2D eigenvalue weighted by atomic mass is 35.5. The van der Waals surface area contributed by atoms with Gasteiger partial charge in [-0.2, -0.15) is 0 Å². The maximum atomic E-state index is 14.3. The van der Waals surface area contributed by atoms with Crippen LogP contribution < -0.4 is 4.31 Å². The Labute approximate surface area is 262 Å². The second kappa shape index (κ2) is 12.9. The van der Waals surface area contributed by atoms with Crippen molar-refractivity contribution >= 4 is 50.8 Å². The fourth-order valence-corrected chi connectivity index (χ4v) is 7.84. The maximum Gasteiger partial charge on any atom is 0.306 e. The summed E-state index contributed by atoms with van der Waals surface area (Å²) in [4.78, 5) is 27.9. The number of carbonyl (C=O) groups excluding carboxylic acids is 1. The molecule has 5 rings (SSSR count). The molecule has 8 nitrogen and oxygen atoms in total. The number of halogens is 2. The quantitative estimate of drug-likeness (QED) is 0.255. The molecule has 1 N–H and O–H groups in total. The molecule has 0 aromatic heterocycles. The number of carboxylic acid groups (broad SMARTS) is 1. The minimum absolute atomic E-state index is 0.0155. The normalized spacial score (nSPS) is 21.6. The second-order valence-electron chi connectivity index (χ2n) is 11.4. The largest absolute Gasteiger partial charge is 0.481 e. The first-order valence-electron chi connectivity index (χ1n) is 14.2. The predicted molar refractivity (Wildman–Crippen MR) is 167 cm³/mol. The number of nitrogens with zero attached hydrogens (tertiary/aromatic N) is 2. The van der Waals surface area contributed by atoms with Gasteiger partial charge in [0.15, 0.2) is 0 Å². The Kier molecular flexibility index (Phi) is 9.37. The summed E-state index contributed by atoms with van der Waals surface area (Å²) in [6.45, 7) is 3.85. The van der Waals surface area contributed by atoms with E-state index in [1.54, 1.807) is 71.6 Å². The molecule has 1 amide bonds. The molecular weight excluding hydrogens is 611 g/mol. The van der Waals surface area contributed by atoms with Gasteiger partial charge >= 0.3 is 5.97 Å². The van der Waals surface area contributed by atoms with Crippen LogP contribution in [0.4, 0.5) is 5.69 Å². The summed E-state index contributed by atoms with van der Waals surface area (Å²) in [6, 6.07) is 21.6. The molecule has 3 aromatic carbocycles. The summed E-state index contributed by atoms with van der Waals surface area (Å²) < 4.78 is 35.4. The zero-order valence-corrected chi connectivity index (χ0v) is 26.2. The van der Waals surface area contributed by atoms with Crippen LogP contribution >= 0.6 is 23.2 Å². The van der Waals surface area contributed by atoms with Crippen LogP contribution in [0.25, 0.3) is 0 Å². The minimum atomic E-state index is -3.72. The number of para-hydroxylation sites is 1. The van der Waals surface area contributed by atoms with Gasteiger partial charge in [0.1, 0.15) is 12.2 Å². The van der Waals surface area contributed by atoms with Crippen LogP contribution in [-0.4, -0.2) is 54.2 Å². The van der Waals surface area contributed by atoms with Crippen LogP contribution in [0.15, 0.2) is 78.9 Å². The predicted octanol–water partition coefficient (Wildman–Crippen LogP) is 6.50. The molecule has 0 spiro atoms. The van der Waals surface area contributed by atoms with E-state index in [0.717, 1.165) is 0 Å². The molecule has 1 saturated heterocycles. The summed E-state index contributed by atoms with van der Waals surface area (Å²) in [7, 11) is -3.72. The van der Waals surface area contributed by atoms with Crippen molar-refractivity contribution in [2.45, 2.75) is 62.7 Å². The summed E-state index contributed by atoms with van der Waals surface area (Å²) in [5, 5.41) is 10.2. The molecule has 1 saturated carbocycles. The first-order valence-corrected chi connectivity index (χ1v) is 16.5. The number of carbonyl (C=O) groups is 2. The van der Waals surface area contributed by atoms with Crippen molar-refractivity contribution in [2.24, 2.45) is 5.92 Å². The van der Waals surface area contributed by atoms with Gasteiger partial charge in [0.2, 0.25) is 10.0 Å². The van der Waals surface area contributed by atoms with Crippen molar-refractivity contribution in [2.75, 3.05) is 10.8 Å². The third-order valence-corrected chi connectivity index (χ3v) is 10.7. The SMILES string of the molecule is CC(C)[C@@H](CN(c1ccccc1)S(=O)(=O)C1CC1)N1C(=O)[C@@H](CC(=O)O)O[C@H](c2cccc(Cl)c2)C1c1ccc(Cl)cc1. The van der Waals surface area contributed by atoms with E-state index in [4.69, 9.17) is 27.9 Å². The number of hydrogen-bond donors (Lipinski definition) is 1. The number of rotatable bonds is 11. The third-order valence-electron chi connectivity index (χ3n) is 7.95. The van der Waals surface area contributed by atoms with Gasteiger partial charge in [-0.1, -0.05) is 79.5 Å². The van der Waals surface area contributed by atoms with Gasteiger partial charge in [-0.3, -0.25) is 13.9 Å². The van der Waals surface area contributed by atoms with E-state index in [9.17, 15) is 23.1 Å². The molecular formula is C32H34Cl2N2O6S. The average Bonchev–Trinajstić information content (AvgIpc) is 3.82. The number of hydrogen-bond acceptors (Lipinski definition) is 5. The molecule has 2 aliphatic rings. The van der Waals surface area contributed by atoms with Crippen LogP contribution in [-0.2, 0) is 24.3 Å². The molecule has 0 bridgehead atoms. The number of amides is 1. The molecule has 0 radical (unpaired) electrons. The number of benzene rings is 3. The van der Waals surface area contributed by atoms with Gasteiger partial charge in [-0.25, -0.2) is 8.42 Å². The zero-order chi connectivity index (χ0) is 30.9. The maximum absolute atomic E-state index is 14.3. The number of sulfonamides is 1. The monoisotopic (exact) mass is 644 g/mol. The molecule has 43 heavy (non-hydrogen) atoms. The van der Waals surface area contributed by atoms with E-state index in [-0.39, 0.29) is 12.5 Å². The van der Waals surface area contributed by atoms with Crippen LogP contribution in [0.3, 0.4) is 0 Å². The zero-order valence-electron chi connectivity index (χ0n) is 23.8. The fraction of sp³-hybridized carbons (Fsp3) is 0.375. The van der Waals surface area contributed by atoms with Crippen LogP contribution in [0.5, 0.6) is 0 Å². The smallest absolute Gasteiger partial charge is 0.306 e. The molecule has 1 aliphatic carbocycles. The molecule has 11 heteroatoms. The Morgan fingerprint density at radius 2 is 1.65 bits per heavy atom. The molecule has 3 aromatic rings. The molecule has 1 heterocycles. The van der Waals surface area contributed by atoms with Crippen molar-refractivity contribution in [1.82, 2.24) is 4.90 Å². The molecule has 1 unspecified atom stereocenters. The molecule has 1 aliphatic heterocycles. The van der Waals surface area contributed by atoms with Crippen molar-refractivity contribution in [3.8, 4) is 0 Å². The van der Waals surface area contributed by atoms with Gasteiger partial charge in [0.25, 0.3) is 5.91 Å². The number of morpholine rings is 1. The molecule has 4 atom stereocenters. The highest BCUT2D eigenvalue weighted by Crippen LogP contribution is 2.46. The van der Waals surface area contributed by atoms with E-state index in [2.05, 4.69) is 0 Å². The summed E-state index contributed by atoms with van der Waals surface area (Å²) in [5.41, 5.74) is 1.88. The van der Waals surface area contributed by atoms with Gasteiger partial charge in [-0.15, -0.1) is 0 Å². The standard InChI is InChI=1S/C32H34Cl2N2O6S/c1-20(2)27(19-35(25-9-4-3-5-10-25)43(40,41)26-15-16-26)36-30(21-11-13-23(33)14-12-21)31(22-7-6-8-24(34)17-22)42-28(32(36)39)18-29(37)38/h3-14,17,20,26-28,30-31H,15-16,18-19H2,1-2H3,(H,37,38)/t27-,28-,30?,31-/m1/s1. The lowest BCUT2D eigenvalue weighted by molar-refractivity contribution is -0.184. The average molecular weight is 646 g/mol. The lowest BCUT2D eigenvalue weighted by Crippen LogP contribution is -2.59. The topological polar surface area (TPSA) is 104 Å². The molecule has 2 fully saturated rings. The summed E-state index contributed by atoms with van der Waals surface area (Å²) in [5.74, 6) is -1.92. The van der Waals surface area contributed by atoms with Gasteiger partial charge in [0.05, 0.1) is 36.0 Å². The van der Waals surface area contributed by atoms with E-state index in [1.807, 2.05) is 26.0 Å². The van der Waals surface area contributed by atoms with E-state index < -0.39 is 57.9 Å². The third kappa shape index (κ3) is 6.85. The first-order chi connectivity index (χ1) is 20.5. The Morgan fingerprint density at radius 3 is 2.23 bits per heavy atom. The Hall–Kier alpha value is -3.11. The minimum Gasteiger partial charge on any atom is -0.481 e. The van der Waals surface area contributed by atoms with Crippen LogP contribution in [0, 0.1) is 5.92 Å². The van der Waals surface area contributed by atoms with E-state index in [0.29, 0.717) is 39.7 Å². The van der Waals surface area contributed by atoms with Gasteiger partial charge in [-0.05, 0) is 66.3 Å². The highest BCUT2D eigenvalue weighted by Gasteiger charge is 2.50. The number of anilines is 1. The highest BCUT2D eigenvalue weighted by molar-refractivity contribution is 7.93. The van der Waals surface area contributed by atoms with Gasteiger partial charge in [0, 0.05) is 10.0 Å². The Balaban J connectivity index is 1.67. The Morgan fingerprint density at radius 1 is 0.977 bits per heavy atom.